The Labute approximate surface area is 130 Å². The maximum absolute atomic E-state index is 11.8. The molecule has 1 aromatic rings. The van der Waals surface area contributed by atoms with Crippen molar-refractivity contribution in [3.63, 3.8) is 0 Å². The summed E-state index contributed by atoms with van der Waals surface area (Å²) in [7, 11) is 0. The van der Waals surface area contributed by atoms with E-state index < -0.39 is 18.2 Å². The molecule has 1 saturated heterocycles. The van der Waals surface area contributed by atoms with Gasteiger partial charge >= 0.3 is 5.97 Å². The fraction of sp³-hybridized carbons (Fsp3) is 0.750. The van der Waals surface area contributed by atoms with Crippen molar-refractivity contribution in [3.05, 3.63) is 17.0 Å². The van der Waals surface area contributed by atoms with E-state index in [4.69, 9.17) is 14.0 Å². The molecule has 22 heavy (non-hydrogen) atoms. The number of ether oxygens (including phenoxy) is 2. The molecule has 6 nitrogen and oxygen atoms in total. The zero-order chi connectivity index (χ0) is 16.5. The molecule has 0 aromatic carbocycles. The van der Waals surface area contributed by atoms with Crippen molar-refractivity contribution in [1.82, 2.24) is 5.16 Å². The van der Waals surface area contributed by atoms with Crippen LogP contribution in [0.1, 0.15) is 68.5 Å². The predicted octanol–water partition coefficient (Wildman–Crippen LogP) is 2.79. The van der Waals surface area contributed by atoms with Gasteiger partial charge in [0.15, 0.2) is 11.5 Å². The molecule has 1 aromatic heterocycles. The Morgan fingerprint density at radius 1 is 1.41 bits per heavy atom. The minimum Gasteiger partial charge on any atom is -0.461 e. The molecule has 1 N–H and O–H groups in total. The van der Waals surface area contributed by atoms with Crippen LogP contribution in [0.4, 0.5) is 0 Å². The summed E-state index contributed by atoms with van der Waals surface area (Å²) < 4.78 is 16.4. The second kappa shape index (κ2) is 6.38. The minimum atomic E-state index is -0.501. The SMILES string of the molecule is CCOC(=O)c1noc([C@H]2C[C@H](O)C[C@@H](C(C)(C)C)O2)c1C. The Balaban J connectivity index is 2.22. The topological polar surface area (TPSA) is 81.8 Å². The van der Waals surface area contributed by atoms with Crippen LogP contribution in [0.2, 0.25) is 0 Å². The average Bonchev–Trinajstić information content (AvgIpc) is 2.79. The van der Waals surface area contributed by atoms with Gasteiger partial charge in [-0.2, -0.15) is 0 Å². The largest absolute Gasteiger partial charge is 0.461 e. The molecular formula is C16H25NO5. The first-order chi connectivity index (χ1) is 10.2. The summed E-state index contributed by atoms with van der Waals surface area (Å²) in [6, 6.07) is 0. The van der Waals surface area contributed by atoms with Gasteiger partial charge in [-0.05, 0) is 19.3 Å². The van der Waals surface area contributed by atoms with Gasteiger partial charge in [0.1, 0.15) is 6.10 Å². The van der Waals surface area contributed by atoms with E-state index in [1.54, 1.807) is 13.8 Å². The number of nitrogens with zero attached hydrogens (tertiary/aromatic N) is 1. The van der Waals surface area contributed by atoms with Gasteiger partial charge < -0.3 is 19.1 Å². The van der Waals surface area contributed by atoms with E-state index in [2.05, 4.69) is 25.9 Å². The van der Waals surface area contributed by atoms with Crippen LogP contribution in [0.25, 0.3) is 0 Å². The van der Waals surface area contributed by atoms with Crippen molar-refractivity contribution in [1.29, 1.82) is 0 Å². The molecule has 0 spiro atoms. The monoisotopic (exact) mass is 311 g/mol. The van der Waals surface area contributed by atoms with Crippen LogP contribution >= 0.6 is 0 Å². The van der Waals surface area contributed by atoms with Crippen molar-refractivity contribution in [3.8, 4) is 0 Å². The third-order valence-corrected chi connectivity index (χ3v) is 3.99. The van der Waals surface area contributed by atoms with Crippen LogP contribution in [-0.4, -0.2) is 35.0 Å². The highest BCUT2D eigenvalue weighted by Crippen LogP contribution is 2.39. The van der Waals surface area contributed by atoms with Gasteiger partial charge in [-0.1, -0.05) is 25.9 Å². The number of esters is 1. The van der Waals surface area contributed by atoms with Gasteiger partial charge in [0.2, 0.25) is 0 Å². The molecule has 124 valence electrons. The summed E-state index contributed by atoms with van der Waals surface area (Å²) in [5, 5.41) is 13.9. The summed E-state index contributed by atoms with van der Waals surface area (Å²) >= 11 is 0. The Hall–Kier alpha value is -1.40. The third kappa shape index (κ3) is 3.50. The molecule has 2 heterocycles. The Kier molecular flexibility index (Phi) is 4.92. The number of hydrogen-bond acceptors (Lipinski definition) is 6. The number of aliphatic hydroxyl groups excluding tert-OH is 1. The molecule has 0 bridgehead atoms. The normalized spacial score (nSPS) is 26.0. The van der Waals surface area contributed by atoms with Gasteiger partial charge in [-0.15, -0.1) is 0 Å². The fourth-order valence-electron chi connectivity index (χ4n) is 2.66. The molecule has 1 aliphatic heterocycles. The van der Waals surface area contributed by atoms with Crippen LogP contribution in [-0.2, 0) is 9.47 Å². The molecule has 0 radical (unpaired) electrons. The number of aromatic nitrogens is 1. The molecular weight excluding hydrogens is 286 g/mol. The number of rotatable bonds is 3. The molecule has 0 saturated carbocycles. The van der Waals surface area contributed by atoms with E-state index in [0.717, 1.165) is 0 Å². The van der Waals surface area contributed by atoms with Gasteiger partial charge in [0.25, 0.3) is 0 Å². The molecule has 1 fully saturated rings. The standard InChI is InChI=1S/C16H25NO5/c1-6-20-15(19)13-9(2)14(22-17-13)11-7-10(18)8-12(21-11)16(3,4)5/h10-12,18H,6-8H2,1-5H3/t10-,11+,12-/m0/s1. The zero-order valence-corrected chi connectivity index (χ0v) is 13.9. The average molecular weight is 311 g/mol. The van der Waals surface area contributed by atoms with Crippen molar-refractivity contribution in [2.75, 3.05) is 6.61 Å². The lowest BCUT2D eigenvalue weighted by Crippen LogP contribution is -2.39. The first-order valence-corrected chi connectivity index (χ1v) is 7.70. The summed E-state index contributed by atoms with van der Waals surface area (Å²) in [5.41, 5.74) is 0.704. The number of aliphatic hydroxyl groups is 1. The summed E-state index contributed by atoms with van der Waals surface area (Å²) in [4.78, 5) is 11.8. The van der Waals surface area contributed by atoms with E-state index in [0.29, 0.717) is 24.2 Å². The first-order valence-electron chi connectivity index (χ1n) is 7.70. The van der Waals surface area contributed by atoms with Gasteiger partial charge in [0.05, 0.1) is 18.8 Å². The van der Waals surface area contributed by atoms with E-state index >= 15 is 0 Å². The van der Waals surface area contributed by atoms with E-state index in [9.17, 15) is 9.90 Å². The molecule has 2 rings (SSSR count). The molecule has 0 aliphatic carbocycles. The maximum Gasteiger partial charge on any atom is 0.360 e. The predicted molar refractivity (Wildman–Crippen MR) is 79.5 cm³/mol. The lowest BCUT2D eigenvalue weighted by Gasteiger charge is -2.39. The zero-order valence-electron chi connectivity index (χ0n) is 13.9. The van der Waals surface area contributed by atoms with Gasteiger partial charge in [-0.25, -0.2) is 4.79 Å². The van der Waals surface area contributed by atoms with Crippen LogP contribution < -0.4 is 0 Å². The van der Waals surface area contributed by atoms with Gasteiger partial charge in [-0.3, -0.25) is 0 Å². The highest BCUT2D eigenvalue weighted by molar-refractivity contribution is 5.88. The van der Waals surface area contributed by atoms with Crippen LogP contribution in [0.3, 0.4) is 0 Å². The highest BCUT2D eigenvalue weighted by atomic mass is 16.5. The molecule has 0 unspecified atom stereocenters. The lowest BCUT2D eigenvalue weighted by molar-refractivity contribution is -0.143. The number of carbonyl (C=O) groups is 1. The van der Waals surface area contributed by atoms with Crippen LogP contribution in [0.5, 0.6) is 0 Å². The summed E-state index contributed by atoms with van der Waals surface area (Å²) in [5.74, 6) is -0.00483. The van der Waals surface area contributed by atoms with Crippen molar-refractivity contribution in [2.24, 2.45) is 5.41 Å². The number of hydrogen-bond donors (Lipinski definition) is 1. The minimum absolute atomic E-state index is 0.0858. The van der Waals surface area contributed by atoms with Crippen LogP contribution in [0, 0.1) is 12.3 Å². The lowest BCUT2D eigenvalue weighted by atomic mass is 9.82. The van der Waals surface area contributed by atoms with E-state index in [-0.39, 0.29) is 23.8 Å². The van der Waals surface area contributed by atoms with Crippen molar-refractivity contribution in [2.45, 2.75) is 65.8 Å². The summed E-state index contributed by atoms with van der Waals surface area (Å²) in [6.07, 6.45) is 0.0851. The molecule has 0 amide bonds. The van der Waals surface area contributed by atoms with E-state index in [1.807, 2.05) is 0 Å². The highest BCUT2D eigenvalue weighted by Gasteiger charge is 2.39. The van der Waals surface area contributed by atoms with Gasteiger partial charge in [0, 0.05) is 18.4 Å². The second-order valence-corrected chi connectivity index (χ2v) is 6.85. The Morgan fingerprint density at radius 2 is 2.09 bits per heavy atom. The maximum atomic E-state index is 11.8. The first kappa shape index (κ1) is 17.0. The third-order valence-electron chi connectivity index (χ3n) is 3.99. The Morgan fingerprint density at radius 3 is 2.68 bits per heavy atom. The van der Waals surface area contributed by atoms with E-state index in [1.165, 1.54) is 0 Å². The molecule has 3 atom stereocenters. The second-order valence-electron chi connectivity index (χ2n) is 6.85. The fourth-order valence-corrected chi connectivity index (χ4v) is 2.66. The Bertz CT molecular complexity index is 531. The molecule has 6 heteroatoms. The van der Waals surface area contributed by atoms with Crippen LogP contribution in [0.15, 0.2) is 4.52 Å². The smallest absolute Gasteiger partial charge is 0.360 e. The van der Waals surface area contributed by atoms with Crippen molar-refractivity contribution < 1.29 is 23.9 Å². The number of carbonyl (C=O) groups excluding carboxylic acids is 1. The van der Waals surface area contributed by atoms with Crippen molar-refractivity contribution >= 4 is 5.97 Å². The molecule has 1 aliphatic rings. The summed E-state index contributed by atoms with van der Waals surface area (Å²) in [6.45, 7) is 10.0. The quantitative estimate of drug-likeness (QED) is 0.864.